The number of hydrogen-bond acceptors (Lipinski definition) is 1. The van der Waals surface area contributed by atoms with E-state index in [0.29, 0.717) is 0 Å². The molecule has 4 heteroatoms. The van der Waals surface area contributed by atoms with Gasteiger partial charge in [0.2, 0.25) is 0 Å². The summed E-state index contributed by atoms with van der Waals surface area (Å²) in [6, 6.07) is 0.262. The number of rotatable bonds is 1. The Morgan fingerprint density at radius 1 is 1.67 bits per heavy atom. The SMILES string of the molecule is C#CC1CCP(=S)(N(C)C)N1C. The van der Waals surface area contributed by atoms with Crippen LogP contribution in [0.25, 0.3) is 0 Å². The Balaban J connectivity index is 2.87. The summed E-state index contributed by atoms with van der Waals surface area (Å²) >= 11 is 5.62. The summed E-state index contributed by atoms with van der Waals surface area (Å²) in [6.45, 7) is 0. The van der Waals surface area contributed by atoms with E-state index < -0.39 is 6.34 Å². The van der Waals surface area contributed by atoms with Gasteiger partial charge in [-0.2, -0.15) is 0 Å². The lowest BCUT2D eigenvalue weighted by Crippen LogP contribution is -2.25. The summed E-state index contributed by atoms with van der Waals surface area (Å²) in [5.74, 6) is 2.78. The van der Waals surface area contributed by atoms with Crippen LogP contribution in [0.2, 0.25) is 0 Å². The molecule has 0 aromatic carbocycles. The average molecular weight is 202 g/mol. The maximum atomic E-state index is 5.62. The first-order valence-corrected chi connectivity index (χ1v) is 6.88. The van der Waals surface area contributed by atoms with Gasteiger partial charge in [0.25, 0.3) is 0 Å². The normalized spacial score (nSPS) is 37.1. The summed E-state index contributed by atoms with van der Waals surface area (Å²) in [4.78, 5) is 0. The zero-order valence-corrected chi connectivity index (χ0v) is 9.53. The Labute approximate surface area is 80.0 Å². The Morgan fingerprint density at radius 3 is 2.50 bits per heavy atom. The molecule has 0 aromatic heterocycles. The van der Waals surface area contributed by atoms with Gasteiger partial charge in [-0.15, -0.1) is 6.42 Å². The highest BCUT2D eigenvalue weighted by molar-refractivity contribution is 8.12. The average Bonchev–Trinajstić information content (AvgIpc) is 2.31. The van der Waals surface area contributed by atoms with Crippen LogP contribution in [0.4, 0.5) is 0 Å². The Hall–Kier alpha value is 0.130. The van der Waals surface area contributed by atoms with Crippen molar-refractivity contribution in [3.8, 4) is 12.3 Å². The van der Waals surface area contributed by atoms with Gasteiger partial charge in [-0.1, -0.05) is 17.7 Å². The van der Waals surface area contributed by atoms with Gasteiger partial charge >= 0.3 is 0 Å². The number of hydrogen-bond donors (Lipinski definition) is 0. The molecule has 0 bridgehead atoms. The smallest absolute Gasteiger partial charge is 0.0779 e. The number of terminal acetylenes is 1. The molecule has 0 radical (unpaired) electrons. The third-order valence-corrected chi connectivity index (χ3v) is 8.11. The van der Waals surface area contributed by atoms with Gasteiger partial charge in [-0.05, 0) is 27.6 Å². The molecule has 68 valence electrons. The van der Waals surface area contributed by atoms with Gasteiger partial charge in [-0.25, -0.2) is 0 Å². The van der Waals surface area contributed by atoms with Crippen LogP contribution in [0.15, 0.2) is 0 Å². The van der Waals surface area contributed by atoms with Gasteiger partial charge in [-0.3, -0.25) is 9.34 Å². The highest BCUT2D eigenvalue weighted by Crippen LogP contribution is 2.57. The van der Waals surface area contributed by atoms with Crippen LogP contribution in [-0.4, -0.2) is 42.7 Å². The molecule has 0 aromatic rings. The molecule has 1 rings (SSSR count). The predicted octanol–water partition coefficient (Wildman–Crippen LogP) is 1.19. The van der Waals surface area contributed by atoms with Crippen molar-refractivity contribution in [1.82, 2.24) is 9.34 Å². The van der Waals surface area contributed by atoms with Gasteiger partial charge in [0, 0.05) is 6.16 Å². The molecule has 0 spiro atoms. The first kappa shape index (κ1) is 10.2. The first-order valence-electron chi connectivity index (χ1n) is 3.98. The van der Waals surface area contributed by atoms with Gasteiger partial charge in [0.1, 0.15) is 0 Å². The fourth-order valence-corrected chi connectivity index (χ4v) is 4.66. The molecule has 0 saturated carbocycles. The maximum Gasteiger partial charge on any atom is 0.0779 e. The van der Waals surface area contributed by atoms with E-state index in [4.69, 9.17) is 18.2 Å². The second-order valence-corrected chi connectivity index (χ2v) is 8.24. The lowest BCUT2D eigenvalue weighted by molar-refractivity contribution is 0.476. The summed E-state index contributed by atoms with van der Waals surface area (Å²) in [7, 11) is 6.16. The zero-order chi connectivity index (χ0) is 9.35. The van der Waals surface area contributed by atoms with Crippen molar-refractivity contribution >= 4 is 18.1 Å². The minimum Gasteiger partial charge on any atom is -0.270 e. The van der Waals surface area contributed by atoms with Crippen LogP contribution in [-0.2, 0) is 11.8 Å². The van der Waals surface area contributed by atoms with E-state index in [1.54, 1.807) is 0 Å². The largest absolute Gasteiger partial charge is 0.270 e. The molecule has 1 fully saturated rings. The van der Waals surface area contributed by atoms with E-state index in [-0.39, 0.29) is 6.04 Å². The van der Waals surface area contributed by atoms with Crippen LogP contribution >= 0.6 is 6.34 Å². The Kier molecular flexibility index (Phi) is 2.96. The van der Waals surface area contributed by atoms with Crippen molar-refractivity contribution in [2.45, 2.75) is 12.5 Å². The summed E-state index contributed by atoms with van der Waals surface area (Å²) in [5.41, 5.74) is 0. The highest BCUT2D eigenvalue weighted by Gasteiger charge is 2.36. The van der Waals surface area contributed by atoms with Crippen molar-refractivity contribution in [3.05, 3.63) is 0 Å². The molecule has 1 saturated heterocycles. The van der Waals surface area contributed by atoms with Crippen molar-refractivity contribution < 1.29 is 0 Å². The molecule has 1 aliphatic heterocycles. The molecule has 2 nitrogen and oxygen atoms in total. The van der Waals surface area contributed by atoms with Crippen molar-refractivity contribution in [1.29, 1.82) is 0 Å². The summed E-state index contributed by atoms with van der Waals surface area (Å²) < 4.78 is 4.38. The van der Waals surface area contributed by atoms with Gasteiger partial charge in [0.15, 0.2) is 0 Å². The van der Waals surface area contributed by atoms with Crippen molar-refractivity contribution in [2.24, 2.45) is 0 Å². The van der Waals surface area contributed by atoms with E-state index in [0.717, 1.165) is 12.6 Å². The van der Waals surface area contributed by atoms with E-state index in [9.17, 15) is 0 Å². The molecule has 2 atom stereocenters. The zero-order valence-electron chi connectivity index (χ0n) is 7.82. The second kappa shape index (κ2) is 3.47. The fraction of sp³-hybridized carbons (Fsp3) is 0.750. The fourth-order valence-electron chi connectivity index (χ4n) is 1.53. The second-order valence-electron chi connectivity index (χ2n) is 3.28. The molecule has 12 heavy (non-hydrogen) atoms. The van der Waals surface area contributed by atoms with Crippen LogP contribution in [0.1, 0.15) is 6.42 Å². The first-order chi connectivity index (χ1) is 5.52. The van der Waals surface area contributed by atoms with E-state index >= 15 is 0 Å². The topological polar surface area (TPSA) is 6.48 Å². The lowest BCUT2D eigenvalue weighted by atomic mass is 10.2. The predicted molar refractivity (Wildman–Crippen MR) is 57.8 cm³/mol. The van der Waals surface area contributed by atoms with Gasteiger partial charge in [0.05, 0.1) is 12.4 Å². The monoisotopic (exact) mass is 202 g/mol. The minimum atomic E-state index is -1.45. The van der Waals surface area contributed by atoms with Gasteiger partial charge < -0.3 is 0 Å². The highest BCUT2D eigenvalue weighted by atomic mass is 32.4. The standard InChI is InChI=1S/C8H15N2PS/c1-5-8-6-7-11(12,9(2)3)10(8)4/h1,8H,6-7H2,2-4H3. The summed E-state index contributed by atoms with van der Waals surface area (Å²) in [5, 5.41) is 0. The third kappa shape index (κ3) is 1.45. The van der Waals surface area contributed by atoms with Crippen LogP contribution in [0.5, 0.6) is 0 Å². The molecule has 0 amide bonds. The van der Waals surface area contributed by atoms with E-state index in [1.165, 1.54) is 0 Å². The van der Waals surface area contributed by atoms with Crippen LogP contribution in [0.3, 0.4) is 0 Å². The van der Waals surface area contributed by atoms with Crippen molar-refractivity contribution in [2.75, 3.05) is 27.3 Å². The maximum absolute atomic E-state index is 5.62. The van der Waals surface area contributed by atoms with Crippen molar-refractivity contribution in [3.63, 3.8) is 0 Å². The van der Waals surface area contributed by atoms with E-state index in [1.807, 2.05) is 0 Å². The molecular weight excluding hydrogens is 187 g/mol. The molecule has 1 aliphatic rings. The van der Waals surface area contributed by atoms with Crippen LogP contribution < -0.4 is 0 Å². The summed E-state index contributed by atoms with van der Waals surface area (Å²) in [6.07, 6.45) is 6.10. The Morgan fingerprint density at radius 2 is 2.25 bits per heavy atom. The quantitative estimate of drug-likeness (QED) is 0.466. The van der Waals surface area contributed by atoms with Crippen LogP contribution in [0, 0.1) is 12.3 Å². The molecule has 0 N–H and O–H groups in total. The Bertz CT molecular complexity index is 256. The molecule has 0 aliphatic carbocycles. The molecule has 2 unspecified atom stereocenters. The molecular formula is C8H15N2PS. The lowest BCUT2D eigenvalue weighted by Gasteiger charge is -2.32. The molecule has 1 heterocycles. The van der Waals surface area contributed by atoms with E-state index in [2.05, 4.69) is 36.4 Å². The third-order valence-electron chi connectivity index (χ3n) is 2.46. The minimum absolute atomic E-state index is 0.262. The number of nitrogens with zero attached hydrogens (tertiary/aromatic N) is 2.